The van der Waals surface area contributed by atoms with Gasteiger partial charge in [-0.1, -0.05) is 6.07 Å². The lowest BCUT2D eigenvalue weighted by atomic mass is 9.79. The first-order chi connectivity index (χ1) is 17.9. The number of hydrogen-bond acceptors (Lipinski definition) is 7. The number of nitrogens with one attached hydrogen (secondary N) is 2. The largest absolute Gasteiger partial charge is 0.480 e. The highest BCUT2D eigenvalue weighted by atomic mass is 16.5. The van der Waals surface area contributed by atoms with Gasteiger partial charge in [0.25, 0.3) is 5.91 Å². The van der Waals surface area contributed by atoms with E-state index in [0.29, 0.717) is 24.5 Å². The number of rotatable bonds is 11. The molecule has 1 saturated carbocycles. The number of aromatic nitrogens is 3. The topological polar surface area (TPSA) is 128 Å². The minimum Gasteiger partial charge on any atom is -0.480 e. The van der Waals surface area contributed by atoms with Gasteiger partial charge in [-0.2, -0.15) is 5.10 Å². The number of carboxylic acids is 1. The average molecular weight is 512 g/mol. The predicted octanol–water partition coefficient (Wildman–Crippen LogP) is 2.57. The van der Waals surface area contributed by atoms with Crippen LogP contribution >= 0.6 is 0 Å². The third-order valence-corrected chi connectivity index (χ3v) is 7.88. The quantitative estimate of drug-likeness (QED) is 0.420. The van der Waals surface area contributed by atoms with Crippen molar-refractivity contribution in [3.63, 3.8) is 0 Å². The van der Waals surface area contributed by atoms with E-state index in [2.05, 4.69) is 27.9 Å². The van der Waals surface area contributed by atoms with E-state index in [1.165, 1.54) is 5.56 Å². The van der Waals surface area contributed by atoms with Gasteiger partial charge >= 0.3 is 5.97 Å². The normalized spacial score (nSPS) is 25.5. The number of carboxylic acid groups (broad SMARTS) is 1. The first-order valence-electron chi connectivity index (χ1n) is 13.4. The Morgan fingerprint density at radius 2 is 2.22 bits per heavy atom. The lowest BCUT2D eigenvalue weighted by Gasteiger charge is -2.35. The van der Waals surface area contributed by atoms with E-state index in [4.69, 9.17) is 14.5 Å². The first-order valence-corrected chi connectivity index (χ1v) is 13.4. The number of aliphatic carboxylic acids is 1. The molecule has 4 heterocycles. The van der Waals surface area contributed by atoms with Crippen LogP contribution in [0.3, 0.4) is 0 Å². The van der Waals surface area contributed by atoms with Crippen LogP contribution in [0.5, 0.6) is 0 Å². The van der Waals surface area contributed by atoms with Gasteiger partial charge in [0.2, 0.25) is 0 Å². The molecule has 2 aliphatic heterocycles. The Morgan fingerprint density at radius 3 is 2.95 bits per heavy atom. The van der Waals surface area contributed by atoms with Gasteiger partial charge in [-0.25, -0.2) is 9.78 Å². The van der Waals surface area contributed by atoms with Crippen molar-refractivity contribution in [2.45, 2.75) is 75.5 Å². The molecule has 0 aromatic carbocycles. The monoisotopic (exact) mass is 511 g/mol. The molecule has 10 heteroatoms. The number of nitrogens with zero attached hydrogens (tertiary/aromatic N) is 3. The van der Waals surface area contributed by atoms with Crippen molar-refractivity contribution in [2.24, 2.45) is 13.0 Å². The molecule has 2 aromatic heterocycles. The van der Waals surface area contributed by atoms with E-state index in [0.717, 1.165) is 63.0 Å². The second-order valence-electron chi connectivity index (χ2n) is 10.5. The smallest absolute Gasteiger partial charge is 0.326 e. The standard InChI is InChI=1S/C27H37N5O5/c1-32-17-20(16-29-32)27(10-3-12-37-27)26(35)31-23(25(33)34)9-13-36-22-14-18(15-22)5-7-21-8-6-19-4-2-11-28-24(19)30-21/h6,8,16-18,22-23H,2-5,7,9-15H2,1H3,(H,28,30)(H,31,35)(H,33,34)/t18-,22-,23?,27?. The molecule has 10 nitrogen and oxygen atoms in total. The molecule has 1 aliphatic carbocycles. The van der Waals surface area contributed by atoms with Gasteiger partial charge < -0.3 is 25.2 Å². The summed E-state index contributed by atoms with van der Waals surface area (Å²) in [7, 11) is 1.77. The van der Waals surface area contributed by atoms with Crippen LogP contribution in [0.2, 0.25) is 0 Å². The van der Waals surface area contributed by atoms with Crippen molar-refractivity contribution in [2.75, 3.05) is 25.1 Å². The van der Waals surface area contributed by atoms with Crippen molar-refractivity contribution >= 4 is 17.7 Å². The number of aryl methyl sites for hydroxylation is 3. The molecule has 37 heavy (non-hydrogen) atoms. The van der Waals surface area contributed by atoms with Gasteiger partial charge in [0.1, 0.15) is 11.9 Å². The molecule has 200 valence electrons. The Labute approximate surface area is 217 Å². The fourth-order valence-corrected chi connectivity index (χ4v) is 5.60. The van der Waals surface area contributed by atoms with Gasteiger partial charge in [0.05, 0.1) is 12.3 Å². The number of anilines is 1. The number of amides is 1. The maximum atomic E-state index is 13.2. The van der Waals surface area contributed by atoms with Crippen molar-refractivity contribution < 1.29 is 24.2 Å². The molecular weight excluding hydrogens is 474 g/mol. The lowest BCUT2D eigenvalue weighted by Crippen LogP contribution is -2.51. The summed E-state index contributed by atoms with van der Waals surface area (Å²) in [6, 6.07) is 3.31. The highest BCUT2D eigenvalue weighted by Crippen LogP contribution is 2.37. The number of ether oxygens (including phenoxy) is 2. The van der Waals surface area contributed by atoms with Crippen LogP contribution in [0, 0.1) is 5.92 Å². The fraction of sp³-hybridized carbons (Fsp3) is 0.630. The number of hydrogen-bond donors (Lipinski definition) is 3. The fourth-order valence-electron chi connectivity index (χ4n) is 5.60. The zero-order chi connectivity index (χ0) is 25.8. The van der Waals surface area contributed by atoms with E-state index in [-0.39, 0.29) is 19.1 Å². The summed E-state index contributed by atoms with van der Waals surface area (Å²) in [4.78, 5) is 29.8. The lowest BCUT2D eigenvalue weighted by molar-refractivity contribution is -0.150. The van der Waals surface area contributed by atoms with Crippen LogP contribution in [0.25, 0.3) is 0 Å². The molecule has 2 fully saturated rings. The number of carbonyl (C=O) groups is 2. The first kappa shape index (κ1) is 25.7. The summed E-state index contributed by atoms with van der Waals surface area (Å²) in [5.74, 6) is 0.143. The van der Waals surface area contributed by atoms with Gasteiger partial charge in [-0.15, -0.1) is 0 Å². The van der Waals surface area contributed by atoms with Crippen LogP contribution in [0.15, 0.2) is 24.5 Å². The van der Waals surface area contributed by atoms with Crippen molar-refractivity contribution in [3.05, 3.63) is 41.3 Å². The minimum atomic E-state index is -1.19. The van der Waals surface area contributed by atoms with Crippen LogP contribution in [0.4, 0.5) is 5.82 Å². The second-order valence-corrected chi connectivity index (χ2v) is 10.5. The highest BCUT2D eigenvalue weighted by Gasteiger charge is 2.46. The minimum absolute atomic E-state index is 0.146. The molecule has 5 rings (SSSR count). The Hall–Kier alpha value is -2.98. The molecule has 2 atom stereocenters. The van der Waals surface area contributed by atoms with E-state index in [1.54, 1.807) is 24.1 Å². The third kappa shape index (κ3) is 5.80. The highest BCUT2D eigenvalue weighted by molar-refractivity contribution is 5.90. The zero-order valence-corrected chi connectivity index (χ0v) is 21.4. The van der Waals surface area contributed by atoms with Crippen molar-refractivity contribution in [3.8, 4) is 0 Å². The van der Waals surface area contributed by atoms with Crippen LogP contribution in [0.1, 0.15) is 61.8 Å². The molecule has 2 unspecified atom stereocenters. The molecule has 3 N–H and O–H groups in total. The van der Waals surface area contributed by atoms with Gasteiger partial charge in [-0.05, 0) is 68.9 Å². The van der Waals surface area contributed by atoms with E-state index < -0.39 is 23.5 Å². The van der Waals surface area contributed by atoms with Gasteiger partial charge in [0, 0.05) is 50.7 Å². The summed E-state index contributed by atoms with van der Waals surface area (Å²) in [5.41, 5.74) is 1.90. The summed E-state index contributed by atoms with van der Waals surface area (Å²) in [5, 5.41) is 20.0. The molecule has 3 aliphatic rings. The maximum absolute atomic E-state index is 13.2. The van der Waals surface area contributed by atoms with Crippen LogP contribution in [-0.4, -0.2) is 63.7 Å². The summed E-state index contributed by atoms with van der Waals surface area (Å²) < 4.78 is 13.4. The molecule has 1 amide bonds. The maximum Gasteiger partial charge on any atom is 0.326 e. The van der Waals surface area contributed by atoms with Crippen molar-refractivity contribution in [1.82, 2.24) is 20.1 Å². The van der Waals surface area contributed by atoms with Gasteiger partial charge in [0.15, 0.2) is 5.60 Å². The second kappa shape index (κ2) is 11.2. The number of pyridine rings is 1. The Bertz CT molecular complexity index is 1110. The molecule has 0 spiro atoms. The van der Waals surface area contributed by atoms with Crippen LogP contribution in [-0.2, 0) is 44.6 Å². The Balaban J connectivity index is 1.05. The zero-order valence-electron chi connectivity index (χ0n) is 21.4. The predicted molar refractivity (Wildman–Crippen MR) is 136 cm³/mol. The number of fused-ring (bicyclic) bond motifs is 1. The molecule has 1 saturated heterocycles. The summed E-state index contributed by atoms with van der Waals surface area (Å²) in [6.45, 7) is 1.73. The van der Waals surface area contributed by atoms with E-state index >= 15 is 0 Å². The molecule has 0 bridgehead atoms. The Morgan fingerprint density at radius 1 is 1.35 bits per heavy atom. The van der Waals surface area contributed by atoms with Crippen molar-refractivity contribution in [1.29, 1.82) is 0 Å². The summed E-state index contributed by atoms with van der Waals surface area (Å²) in [6.07, 6.45) is 11.2. The van der Waals surface area contributed by atoms with Gasteiger partial charge in [-0.3, -0.25) is 9.48 Å². The SMILES string of the molecule is Cn1cc(C2(C(=O)NC(CCO[C@H]3C[C@H](CCc4ccc5c(n4)NCCC5)C3)C(=O)O)CCCO2)cn1. The molecular formula is C27H37N5O5. The Kier molecular flexibility index (Phi) is 7.76. The van der Waals surface area contributed by atoms with Crippen LogP contribution < -0.4 is 10.6 Å². The summed E-state index contributed by atoms with van der Waals surface area (Å²) >= 11 is 0. The molecule has 0 radical (unpaired) electrons. The average Bonchev–Trinajstić information content (AvgIpc) is 3.54. The van der Waals surface area contributed by atoms with E-state index in [1.807, 2.05) is 0 Å². The third-order valence-electron chi connectivity index (χ3n) is 7.88. The van der Waals surface area contributed by atoms with E-state index in [9.17, 15) is 14.7 Å². The molecule has 2 aromatic rings. The number of carbonyl (C=O) groups excluding carboxylic acids is 1.